The largest absolute Gasteiger partial charge is 0.508 e. The highest BCUT2D eigenvalue weighted by Crippen LogP contribution is 2.33. The van der Waals surface area contributed by atoms with Gasteiger partial charge in [-0.3, -0.25) is 9.59 Å². The maximum absolute atomic E-state index is 12.6. The zero-order chi connectivity index (χ0) is 27.1. The first-order valence-electron chi connectivity index (χ1n) is 12.7. The first-order chi connectivity index (χ1) is 18.2. The predicted octanol–water partition coefficient (Wildman–Crippen LogP) is 3.97. The summed E-state index contributed by atoms with van der Waals surface area (Å²) in [6.45, 7) is 10.8. The first-order valence-corrected chi connectivity index (χ1v) is 12.7. The molecule has 2 fully saturated rings. The van der Waals surface area contributed by atoms with Crippen LogP contribution in [0.4, 0.5) is 0 Å². The molecule has 2 atom stereocenters. The number of aliphatic hydroxyl groups is 2. The molecule has 0 aliphatic carbocycles. The zero-order valence-corrected chi connectivity index (χ0v) is 21.5. The highest BCUT2D eigenvalue weighted by molar-refractivity contribution is 6.00. The summed E-state index contributed by atoms with van der Waals surface area (Å²) >= 11 is 0. The van der Waals surface area contributed by atoms with Crippen molar-refractivity contribution in [3.05, 3.63) is 99.7 Å². The van der Waals surface area contributed by atoms with Crippen molar-refractivity contribution >= 4 is 24.0 Å². The SMILES string of the molecule is C=C1C[C@H]2C=Cc3cc(C)c(CO)cc3C(=O)N2C1.C=C1C[C@H]2C=Cc3cc(O)c(CO)cc3C(=O)N2C1. The van der Waals surface area contributed by atoms with Crippen LogP contribution in [0.15, 0.2) is 60.7 Å². The third-order valence-electron chi connectivity index (χ3n) is 7.66. The predicted molar refractivity (Wildman–Crippen MR) is 146 cm³/mol. The van der Waals surface area contributed by atoms with Crippen LogP contribution in [0.2, 0.25) is 0 Å². The molecule has 2 saturated heterocycles. The van der Waals surface area contributed by atoms with Gasteiger partial charge in [-0.05, 0) is 60.2 Å². The molecule has 2 amide bonds. The summed E-state index contributed by atoms with van der Waals surface area (Å²) in [6, 6.07) is 7.08. The molecule has 0 radical (unpaired) electrons. The monoisotopic (exact) mass is 512 g/mol. The highest BCUT2D eigenvalue weighted by atomic mass is 16.3. The van der Waals surface area contributed by atoms with Crippen molar-refractivity contribution < 1.29 is 24.9 Å². The van der Waals surface area contributed by atoms with Crippen molar-refractivity contribution in [1.82, 2.24) is 9.80 Å². The van der Waals surface area contributed by atoms with Gasteiger partial charge in [0.1, 0.15) is 5.75 Å². The highest BCUT2D eigenvalue weighted by Gasteiger charge is 2.34. The van der Waals surface area contributed by atoms with Crippen LogP contribution in [0.1, 0.15) is 61.4 Å². The molecular formula is C31H32N2O5. The summed E-state index contributed by atoms with van der Waals surface area (Å²) in [7, 11) is 0. The van der Waals surface area contributed by atoms with Crippen molar-refractivity contribution in [1.29, 1.82) is 0 Å². The number of benzene rings is 2. The van der Waals surface area contributed by atoms with Crippen molar-refractivity contribution in [2.24, 2.45) is 0 Å². The number of hydrogen-bond acceptors (Lipinski definition) is 5. The minimum Gasteiger partial charge on any atom is -0.508 e. The minimum absolute atomic E-state index is 0.0187. The quantitative estimate of drug-likeness (QED) is 0.529. The number of carbonyl (C=O) groups excluding carboxylic acids is 2. The summed E-state index contributed by atoms with van der Waals surface area (Å²) in [5.74, 6) is -0.0122. The van der Waals surface area contributed by atoms with Crippen LogP contribution in [-0.4, -0.2) is 62.1 Å². The Labute approximate surface area is 222 Å². The fraction of sp³-hybridized carbons (Fsp3) is 0.290. The average Bonchev–Trinajstić information content (AvgIpc) is 3.40. The van der Waals surface area contributed by atoms with Crippen molar-refractivity contribution in [3.8, 4) is 5.75 Å². The van der Waals surface area contributed by atoms with E-state index >= 15 is 0 Å². The normalized spacial score (nSPS) is 21.3. The molecule has 4 aliphatic rings. The van der Waals surface area contributed by atoms with E-state index in [0.717, 1.165) is 40.7 Å². The lowest BCUT2D eigenvalue weighted by Crippen LogP contribution is -2.33. The van der Waals surface area contributed by atoms with Gasteiger partial charge in [-0.2, -0.15) is 0 Å². The second-order valence-corrected chi connectivity index (χ2v) is 10.4. The number of phenols is 1. The Hall–Kier alpha value is -3.94. The van der Waals surface area contributed by atoms with E-state index in [-0.39, 0.29) is 42.9 Å². The lowest BCUT2D eigenvalue weighted by Gasteiger charge is -2.21. The molecule has 2 aromatic carbocycles. The van der Waals surface area contributed by atoms with E-state index in [1.165, 1.54) is 6.07 Å². The van der Waals surface area contributed by atoms with Crippen molar-refractivity contribution in [3.63, 3.8) is 0 Å². The number of hydrogen-bond donors (Lipinski definition) is 3. The van der Waals surface area contributed by atoms with Gasteiger partial charge in [-0.15, -0.1) is 0 Å². The van der Waals surface area contributed by atoms with E-state index in [1.54, 1.807) is 11.0 Å². The average molecular weight is 513 g/mol. The topological polar surface area (TPSA) is 101 Å². The fourth-order valence-electron chi connectivity index (χ4n) is 5.55. The van der Waals surface area contributed by atoms with Gasteiger partial charge in [0.15, 0.2) is 0 Å². The van der Waals surface area contributed by atoms with Gasteiger partial charge in [-0.1, -0.05) is 54.7 Å². The van der Waals surface area contributed by atoms with Gasteiger partial charge in [0.25, 0.3) is 11.8 Å². The van der Waals surface area contributed by atoms with E-state index in [9.17, 15) is 24.9 Å². The van der Waals surface area contributed by atoms with E-state index in [2.05, 4.69) is 19.2 Å². The van der Waals surface area contributed by atoms with Gasteiger partial charge in [0.05, 0.1) is 25.3 Å². The molecule has 38 heavy (non-hydrogen) atoms. The molecule has 4 heterocycles. The maximum Gasteiger partial charge on any atom is 0.255 e. The lowest BCUT2D eigenvalue weighted by molar-refractivity contribution is 0.0758. The molecule has 7 heteroatoms. The Morgan fingerprint density at radius 1 is 0.789 bits per heavy atom. The maximum atomic E-state index is 12.6. The Balaban J connectivity index is 0.000000155. The second-order valence-electron chi connectivity index (χ2n) is 10.4. The molecule has 7 nitrogen and oxygen atoms in total. The number of nitrogens with zero attached hydrogens (tertiary/aromatic N) is 2. The van der Waals surface area contributed by atoms with Gasteiger partial charge >= 0.3 is 0 Å². The molecule has 0 saturated carbocycles. The number of aliphatic hydroxyl groups excluding tert-OH is 2. The van der Waals surface area contributed by atoms with E-state index in [0.29, 0.717) is 35.3 Å². The van der Waals surface area contributed by atoms with Gasteiger partial charge in [-0.25, -0.2) is 0 Å². The zero-order valence-electron chi connectivity index (χ0n) is 21.5. The summed E-state index contributed by atoms with van der Waals surface area (Å²) in [4.78, 5) is 28.8. The fourth-order valence-corrected chi connectivity index (χ4v) is 5.55. The minimum atomic E-state index is -0.285. The van der Waals surface area contributed by atoms with Crippen molar-refractivity contribution in [2.75, 3.05) is 13.1 Å². The van der Waals surface area contributed by atoms with Crippen LogP contribution in [0, 0.1) is 6.92 Å². The van der Waals surface area contributed by atoms with Crippen LogP contribution >= 0.6 is 0 Å². The van der Waals surface area contributed by atoms with Crippen LogP contribution in [-0.2, 0) is 13.2 Å². The van der Waals surface area contributed by atoms with Crippen LogP contribution in [0.25, 0.3) is 12.2 Å². The van der Waals surface area contributed by atoms with E-state index < -0.39 is 0 Å². The molecule has 0 aromatic heterocycles. The van der Waals surface area contributed by atoms with Gasteiger partial charge < -0.3 is 25.1 Å². The van der Waals surface area contributed by atoms with E-state index in [4.69, 9.17) is 0 Å². The number of aromatic hydroxyl groups is 1. The number of fused-ring (bicyclic) bond motifs is 4. The molecular weight excluding hydrogens is 480 g/mol. The third-order valence-corrected chi connectivity index (χ3v) is 7.66. The summed E-state index contributed by atoms with van der Waals surface area (Å²) in [5.41, 5.74) is 7.20. The Morgan fingerprint density at radius 3 is 1.76 bits per heavy atom. The molecule has 6 rings (SSSR count). The molecule has 3 N–H and O–H groups in total. The number of amides is 2. The number of carbonyl (C=O) groups is 2. The second kappa shape index (κ2) is 10.1. The number of rotatable bonds is 2. The Kier molecular flexibility index (Phi) is 6.82. The van der Waals surface area contributed by atoms with E-state index in [1.807, 2.05) is 42.2 Å². The molecule has 2 aromatic rings. The van der Waals surface area contributed by atoms with Crippen LogP contribution in [0.3, 0.4) is 0 Å². The Bertz CT molecular complexity index is 1310. The number of aryl methyl sites for hydroxylation is 1. The molecule has 4 aliphatic heterocycles. The standard InChI is InChI=1S/C16H17NO2.C15H15NO3/c1-10-5-14-4-3-12-6-11(2)13(9-18)7-15(12)16(19)17(14)8-10;1-9-4-12-3-2-10-6-14(18)11(8-17)5-13(10)15(19)16(12)7-9/h3-4,6-7,14,18H,1,5,8-9H2,2H3;2-3,5-6,12,17-18H,1,4,7-8H2/t14-;12-/m11/s1. The summed E-state index contributed by atoms with van der Waals surface area (Å²) in [6.07, 6.45) is 9.57. The summed E-state index contributed by atoms with van der Waals surface area (Å²) in [5, 5.41) is 28.3. The summed E-state index contributed by atoms with van der Waals surface area (Å²) < 4.78 is 0. The van der Waals surface area contributed by atoms with Gasteiger partial charge in [0, 0.05) is 29.8 Å². The lowest BCUT2D eigenvalue weighted by atomic mass is 9.98. The Morgan fingerprint density at radius 2 is 1.26 bits per heavy atom. The van der Waals surface area contributed by atoms with Crippen LogP contribution < -0.4 is 0 Å². The molecule has 0 unspecified atom stereocenters. The smallest absolute Gasteiger partial charge is 0.255 e. The first kappa shape index (κ1) is 25.7. The molecule has 196 valence electrons. The molecule has 0 bridgehead atoms. The molecule has 0 spiro atoms. The van der Waals surface area contributed by atoms with Crippen LogP contribution in [0.5, 0.6) is 5.75 Å². The van der Waals surface area contributed by atoms with Gasteiger partial charge in [0.2, 0.25) is 0 Å². The third kappa shape index (κ3) is 4.59. The van der Waals surface area contributed by atoms with Crippen molar-refractivity contribution in [2.45, 2.75) is 45.1 Å².